The maximum atomic E-state index is 12.7. The van der Waals surface area contributed by atoms with Crippen molar-refractivity contribution in [3.8, 4) is 0 Å². The molecule has 2 aromatic carbocycles. The zero-order valence-corrected chi connectivity index (χ0v) is 17.6. The summed E-state index contributed by atoms with van der Waals surface area (Å²) in [5.41, 5.74) is 4.15. The number of nitrogens with one attached hydrogen (secondary N) is 1. The molecule has 158 valence electrons. The number of hydrogen-bond acceptors (Lipinski definition) is 4. The second kappa shape index (κ2) is 9.41. The van der Waals surface area contributed by atoms with E-state index in [1.807, 2.05) is 24.3 Å². The summed E-state index contributed by atoms with van der Waals surface area (Å²) in [5, 5.41) is 3.02. The van der Waals surface area contributed by atoms with E-state index in [4.69, 9.17) is 0 Å². The van der Waals surface area contributed by atoms with Gasteiger partial charge in [-0.15, -0.1) is 0 Å². The first-order valence-corrected chi connectivity index (χ1v) is 10.8. The number of amides is 2. The first-order chi connectivity index (χ1) is 14.6. The second-order valence-electron chi connectivity index (χ2n) is 8.26. The van der Waals surface area contributed by atoms with Crippen molar-refractivity contribution in [3.63, 3.8) is 0 Å². The van der Waals surface area contributed by atoms with Crippen molar-refractivity contribution in [2.24, 2.45) is 0 Å². The molecule has 0 aliphatic carbocycles. The molecule has 1 N–H and O–H groups in total. The van der Waals surface area contributed by atoms with Crippen molar-refractivity contribution in [1.29, 1.82) is 0 Å². The zero-order chi connectivity index (χ0) is 20.9. The lowest BCUT2D eigenvalue weighted by atomic mass is 10.1. The molecule has 2 aliphatic rings. The quantitative estimate of drug-likeness (QED) is 0.802. The Morgan fingerprint density at radius 3 is 2.47 bits per heavy atom. The minimum atomic E-state index is -0.0266. The van der Waals surface area contributed by atoms with Crippen molar-refractivity contribution in [2.75, 3.05) is 49.5 Å². The van der Waals surface area contributed by atoms with E-state index < -0.39 is 0 Å². The van der Waals surface area contributed by atoms with Gasteiger partial charge in [-0.25, -0.2) is 0 Å². The van der Waals surface area contributed by atoms with Gasteiger partial charge in [0.1, 0.15) is 0 Å². The van der Waals surface area contributed by atoms with E-state index in [9.17, 15) is 9.59 Å². The van der Waals surface area contributed by atoms with Crippen molar-refractivity contribution < 1.29 is 9.59 Å². The fourth-order valence-electron chi connectivity index (χ4n) is 4.28. The third kappa shape index (κ3) is 5.07. The summed E-state index contributed by atoms with van der Waals surface area (Å²) < 4.78 is 0. The Morgan fingerprint density at radius 1 is 0.967 bits per heavy atom. The van der Waals surface area contributed by atoms with Gasteiger partial charge < -0.3 is 10.2 Å². The molecule has 6 nitrogen and oxygen atoms in total. The number of hydrogen-bond donors (Lipinski definition) is 1. The monoisotopic (exact) mass is 406 g/mol. The molecule has 0 radical (unpaired) electrons. The van der Waals surface area contributed by atoms with E-state index in [0.29, 0.717) is 19.5 Å². The molecule has 6 heteroatoms. The Bertz CT molecular complexity index is 906. The van der Waals surface area contributed by atoms with Gasteiger partial charge in [0, 0.05) is 45.7 Å². The molecule has 2 amide bonds. The summed E-state index contributed by atoms with van der Waals surface area (Å²) in [6.07, 6.45) is 1.45. The number of rotatable bonds is 6. The predicted octanol–water partition coefficient (Wildman–Crippen LogP) is 2.88. The van der Waals surface area contributed by atoms with Crippen LogP contribution in [0.15, 0.2) is 48.5 Å². The van der Waals surface area contributed by atoms with Crippen LogP contribution >= 0.6 is 0 Å². The van der Waals surface area contributed by atoms with Crippen LogP contribution in [-0.2, 0) is 16.1 Å². The standard InChI is InChI=1S/C24H30N4O2/c1-19-6-4-7-20(16-19)17-26-12-14-27(15-13-26)18-23(29)25-21-8-2-3-9-22(21)28-11-5-10-24(28)30/h2-4,6-9,16H,5,10-15,17-18H2,1H3,(H,25,29). The predicted molar refractivity (Wildman–Crippen MR) is 120 cm³/mol. The van der Waals surface area contributed by atoms with Crippen molar-refractivity contribution in [1.82, 2.24) is 9.80 Å². The fraction of sp³-hybridized carbons (Fsp3) is 0.417. The summed E-state index contributed by atoms with van der Waals surface area (Å²) in [5.74, 6) is 0.0997. The van der Waals surface area contributed by atoms with Crippen molar-refractivity contribution in [3.05, 3.63) is 59.7 Å². The lowest BCUT2D eigenvalue weighted by molar-refractivity contribution is -0.118. The Hall–Kier alpha value is -2.70. The molecular weight excluding hydrogens is 376 g/mol. The van der Waals surface area contributed by atoms with Crippen LogP contribution in [0.3, 0.4) is 0 Å². The molecule has 2 aliphatic heterocycles. The minimum Gasteiger partial charge on any atom is -0.323 e. The van der Waals surface area contributed by atoms with E-state index in [1.165, 1.54) is 11.1 Å². The van der Waals surface area contributed by atoms with Crippen molar-refractivity contribution in [2.45, 2.75) is 26.3 Å². The van der Waals surface area contributed by atoms with Crippen LogP contribution in [-0.4, -0.2) is 60.9 Å². The van der Waals surface area contributed by atoms with Crippen LogP contribution in [0.5, 0.6) is 0 Å². The number of carbonyl (C=O) groups excluding carboxylic acids is 2. The molecule has 0 bridgehead atoms. The molecule has 0 spiro atoms. The highest BCUT2D eigenvalue weighted by Crippen LogP contribution is 2.29. The van der Waals surface area contributed by atoms with Crippen molar-refractivity contribution >= 4 is 23.2 Å². The zero-order valence-electron chi connectivity index (χ0n) is 17.6. The molecule has 0 saturated carbocycles. The molecule has 30 heavy (non-hydrogen) atoms. The summed E-state index contributed by atoms with van der Waals surface area (Å²) >= 11 is 0. The van der Waals surface area contributed by atoms with E-state index in [2.05, 4.69) is 46.3 Å². The van der Waals surface area contributed by atoms with Crippen LogP contribution in [0, 0.1) is 6.92 Å². The number of aryl methyl sites for hydroxylation is 1. The van der Waals surface area contributed by atoms with Crippen LogP contribution in [0.1, 0.15) is 24.0 Å². The van der Waals surface area contributed by atoms with Crippen LogP contribution < -0.4 is 10.2 Å². The van der Waals surface area contributed by atoms with Gasteiger partial charge >= 0.3 is 0 Å². The van der Waals surface area contributed by atoms with Gasteiger partial charge in [-0.2, -0.15) is 0 Å². The summed E-state index contributed by atoms with van der Waals surface area (Å²) in [7, 11) is 0. The molecule has 2 fully saturated rings. The van der Waals surface area contributed by atoms with Crippen LogP contribution in [0.25, 0.3) is 0 Å². The summed E-state index contributed by atoms with van der Waals surface area (Å²) in [4.78, 5) is 31.2. The fourth-order valence-corrected chi connectivity index (χ4v) is 4.28. The number of nitrogens with zero attached hydrogens (tertiary/aromatic N) is 3. The van der Waals surface area contributed by atoms with E-state index in [-0.39, 0.29) is 11.8 Å². The van der Waals surface area contributed by atoms with E-state index in [0.717, 1.165) is 50.5 Å². The Labute approximate surface area is 178 Å². The highest BCUT2D eigenvalue weighted by atomic mass is 16.2. The molecule has 0 aromatic heterocycles. The van der Waals surface area contributed by atoms with Gasteiger partial charge in [-0.1, -0.05) is 42.0 Å². The molecule has 2 aromatic rings. The lowest BCUT2D eigenvalue weighted by Gasteiger charge is -2.34. The summed E-state index contributed by atoms with van der Waals surface area (Å²) in [6, 6.07) is 16.2. The average Bonchev–Trinajstić information content (AvgIpc) is 3.16. The van der Waals surface area contributed by atoms with Gasteiger partial charge in [0.15, 0.2) is 0 Å². The van der Waals surface area contributed by atoms with Gasteiger partial charge in [0.05, 0.1) is 17.9 Å². The average molecular weight is 407 g/mol. The molecule has 0 atom stereocenters. The maximum absolute atomic E-state index is 12.7. The van der Waals surface area contributed by atoms with E-state index >= 15 is 0 Å². The highest BCUT2D eigenvalue weighted by molar-refractivity contribution is 6.02. The van der Waals surface area contributed by atoms with Crippen LogP contribution in [0.2, 0.25) is 0 Å². The number of benzene rings is 2. The molecule has 0 unspecified atom stereocenters. The molecular formula is C24H30N4O2. The minimum absolute atomic E-state index is 0.0266. The third-order valence-electron chi connectivity index (χ3n) is 5.86. The number of anilines is 2. The van der Waals surface area contributed by atoms with Gasteiger partial charge in [-0.05, 0) is 31.0 Å². The van der Waals surface area contributed by atoms with Gasteiger partial charge in [-0.3, -0.25) is 19.4 Å². The molecule has 2 saturated heterocycles. The molecule has 4 rings (SSSR count). The number of carbonyl (C=O) groups is 2. The Kier molecular flexibility index (Phi) is 6.45. The second-order valence-corrected chi connectivity index (χ2v) is 8.26. The highest BCUT2D eigenvalue weighted by Gasteiger charge is 2.25. The lowest BCUT2D eigenvalue weighted by Crippen LogP contribution is -2.48. The first-order valence-electron chi connectivity index (χ1n) is 10.8. The third-order valence-corrected chi connectivity index (χ3v) is 5.86. The number of para-hydroxylation sites is 2. The smallest absolute Gasteiger partial charge is 0.238 e. The number of piperazine rings is 1. The molecule has 2 heterocycles. The largest absolute Gasteiger partial charge is 0.323 e. The maximum Gasteiger partial charge on any atom is 0.238 e. The Morgan fingerprint density at radius 2 is 1.73 bits per heavy atom. The van der Waals surface area contributed by atoms with Gasteiger partial charge in [0.25, 0.3) is 0 Å². The van der Waals surface area contributed by atoms with Crippen LogP contribution in [0.4, 0.5) is 11.4 Å². The summed E-state index contributed by atoms with van der Waals surface area (Å²) in [6.45, 7) is 7.85. The first kappa shape index (κ1) is 20.6. The SMILES string of the molecule is Cc1cccc(CN2CCN(CC(=O)Nc3ccccc3N3CCCC3=O)CC2)c1. The normalized spacial score (nSPS) is 18.0. The topological polar surface area (TPSA) is 55.9 Å². The van der Waals surface area contributed by atoms with E-state index in [1.54, 1.807) is 4.90 Å². The van der Waals surface area contributed by atoms with Gasteiger partial charge in [0.2, 0.25) is 11.8 Å². The Balaban J connectivity index is 1.28.